The Morgan fingerprint density at radius 2 is 1.71 bits per heavy atom. The van der Waals surface area contributed by atoms with E-state index in [0.29, 0.717) is 36.7 Å². The van der Waals surface area contributed by atoms with E-state index in [0.717, 1.165) is 24.2 Å². The largest absolute Gasteiger partial charge is 0.493 e. The number of carbonyl (C=O) groups is 2. The Hall–Kier alpha value is -3.06. The molecule has 2 aliphatic heterocycles. The number of hydrogen-bond acceptors (Lipinski definition) is 5. The van der Waals surface area contributed by atoms with E-state index in [2.05, 4.69) is 11.9 Å². The third-order valence-electron chi connectivity index (χ3n) is 6.24. The highest BCUT2D eigenvalue weighted by atomic mass is 16.5. The van der Waals surface area contributed by atoms with E-state index in [4.69, 9.17) is 9.47 Å². The maximum absolute atomic E-state index is 13.2. The lowest BCUT2D eigenvalue weighted by molar-refractivity contribution is -0.134. The van der Waals surface area contributed by atoms with E-state index in [1.54, 1.807) is 19.1 Å². The van der Waals surface area contributed by atoms with E-state index >= 15 is 0 Å². The number of amides is 2. The van der Waals surface area contributed by atoms with Crippen LogP contribution in [0.5, 0.6) is 11.5 Å². The lowest BCUT2D eigenvalue weighted by atomic mass is 10.00. The smallest absolute Gasteiger partial charge is 0.255 e. The lowest BCUT2D eigenvalue weighted by Crippen LogP contribution is -2.48. The summed E-state index contributed by atoms with van der Waals surface area (Å²) in [4.78, 5) is 32.4. The van der Waals surface area contributed by atoms with Gasteiger partial charge in [0.2, 0.25) is 5.91 Å². The number of benzene rings is 2. The van der Waals surface area contributed by atoms with Gasteiger partial charge in [-0.2, -0.15) is 0 Å². The molecule has 2 aliphatic rings. The Morgan fingerprint density at radius 1 is 1.00 bits per heavy atom. The average Bonchev–Trinajstić information content (AvgIpc) is 3.13. The van der Waals surface area contributed by atoms with Gasteiger partial charge in [0.15, 0.2) is 11.5 Å². The number of methoxy groups -OCH3 is 2. The topological polar surface area (TPSA) is 62.3 Å². The summed E-state index contributed by atoms with van der Waals surface area (Å²) in [7, 11) is 5.24. The van der Waals surface area contributed by atoms with Gasteiger partial charge in [-0.25, -0.2) is 0 Å². The highest BCUT2D eigenvalue weighted by Gasteiger charge is 2.36. The van der Waals surface area contributed by atoms with Crippen LogP contribution in [0.25, 0.3) is 0 Å². The molecule has 1 fully saturated rings. The fourth-order valence-corrected chi connectivity index (χ4v) is 4.35. The fourth-order valence-electron chi connectivity index (χ4n) is 4.35. The third-order valence-corrected chi connectivity index (χ3v) is 6.24. The summed E-state index contributed by atoms with van der Waals surface area (Å²) in [5.74, 6) is 1.23. The van der Waals surface area contributed by atoms with Crippen molar-refractivity contribution < 1.29 is 19.1 Å². The molecule has 2 amide bonds. The molecule has 2 aromatic carbocycles. The normalized spacial score (nSPS) is 17.5. The number of fused-ring (bicyclic) bond motifs is 1. The van der Waals surface area contributed by atoms with Gasteiger partial charge in [0, 0.05) is 38.3 Å². The monoisotopic (exact) mass is 423 g/mol. The predicted molar refractivity (Wildman–Crippen MR) is 117 cm³/mol. The second kappa shape index (κ2) is 8.98. The van der Waals surface area contributed by atoms with E-state index in [1.807, 2.05) is 47.4 Å². The standard InChI is InChI=1S/C24H29N3O4/c1-25-10-12-26(13-11-25)23(28)15-20(17-8-9-21(30-2)22(14-17)31-3)27-16-18-6-4-5-7-19(18)24(27)29/h4-9,14,20H,10-13,15-16H2,1-3H3/t20-/m0/s1. The van der Waals surface area contributed by atoms with Crippen molar-refractivity contribution in [3.8, 4) is 11.5 Å². The maximum Gasteiger partial charge on any atom is 0.255 e. The summed E-state index contributed by atoms with van der Waals surface area (Å²) in [5, 5.41) is 0. The van der Waals surface area contributed by atoms with Crippen LogP contribution in [0.1, 0.15) is 33.9 Å². The molecule has 0 N–H and O–H groups in total. The number of ether oxygens (including phenoxy) is 2. The van der Waals surface area contributed by atoms with Gasteiger partial charge in [-0.05, 0) is 36.4 Å². The van der Waals surface area contributed by atoms with E-state index in [-0.39, 0.29) is 24.3 Å². The highest BCUT2D eigenvalue weighted by molar-refractivity contribution is 5.98. The van der Waals surface area contributed by atoms with Crippen LogP contribution in [-0.2, 0) is 11.3 Å². The molecule has 0 saturated carbocycles. The zero-order valence-electron chi connectivity index (χ0n) is 18.3. The molecule has 0 aliphatic carbocycles. The summed E-state index contributed by atoms with van der Waals surface area (Å²) in [6.45, 7) is 3.63. The van der Waals surface area contributed by atoms with Gasteiger partial charge in [0.25, 0.3) is 5.91 Å². The number of piperazine rings is 1. The van der Waals surface area contributed by atoms with Gasteiger partial charge in [0.05, 0.1) is 26.7 Å². The SMILES string of the molecule is COc1ccc([C@H](CC(=O)N2CCN(C)CC2)N2Cc3ccccc3C2=O)cc1OC. The summed E-state index contributed by atoms with van der Waals surface area (Å²) >= 11 is 0. The number of carbonyl (C=O) groups excluding carboxylic acids is 2. The molecule has 0 aromatic heterocycles. The van der Waals surface area contributed by atoms with Crippen LogP contribution in [0.2, 0.25) is 0 Å². The molecule has 0 bridgehead atoms. The molecule has 31 heavy (non-hydrogen) atoms. The molecule has 4 rings (SSSR count). The van der Waals surface area contributed by atoms with Crippen molar-refractivity contribution in [2.24, 2.45) is 0 Å². The highest BCUT2D eigenvalue weighted by Crippen LogP contribution is 2.37. The third kappa shape index (κ3) is 4.23. The van der Waals surface area contributed by atoms with Crippen molar-refractivity contribution in [1.82, 2.24) is 14.7 Å². The molecular formula is C24H29N3O4. The summed E-state index contributed by atoms with van der Waals surface area (Å²) in [5.41, 5.74) is 2.56. The number of nitrogens with zero attached hydrogens (tertiary/aromatic N) is 3. The number of hydrogen-bond donors (Lipinski definition) is 0. The first-order valence-electron chi connectivity index (χ1n) is 10.6. The zero-order chi connectivity index (χ0) is 22.0. The minimum Gasteiger partial charge on any atom is -0.493 e. The molecule has 0 radical (unpaired) electrons. The van der Waals surface area contributed by atoms with Crippen molar-refractivity contribution in [2.45, 2.75) is 19.0 Å². The van der Waals surface area contributed by atoms with Crippen LogP contribution >= 0.6 is 0 Å². The van der Waals surface area contributed by atoms with E-state index in [9.17, 15) is 9.59 Å². The van der Waals surface area contributed by atoms with Gasteiger partial charge < -0.3 is 24.2 Å². The van der Waals surface area contributed by atoms with Crippen molar-refractivity contribution in [1.29, 1.82) is 0 Å². The molecule has 7 heteroatoms. The Bertz CT molecular complexity index is 969. The Kier molecular flexibility index (Phi) is 6.13. The van der Waals surface area contributed by atoms with Crippen LogP contribution in [0.3, 0.4) is 0 Å². The quantitative estimate of drug-likeness (QED) is 0.715. The first-order valence-corrected chi connectivity index (χ1v) is 10.6. The summed E-state index contributed by atoms with van der Waals surface area (Å²) in [6.07, 6.45) is 0.235. The van der Waals surface area contributed by atoms with Crippen LogP contribution in [0.4, 0.5) is 0 Å². The lowest BCUT2D eigenvalue weighted by Gasteiger charge is -2.35. The first-order chi connectivity index (χ1) is 15.0. The predicted octanol–water partition coefficient (Wildman–Crippen LogP) is 2.57. The molecule has 0 spiro atoms. The van der Waals surface area contributed by atoms with Crippen molar-refractivity contribution in [3.05, 3.63) is 59.2 Å². The molecule has 1 saturated heterocycles. The maximum atomic E-state index is 13.2. The first kappa shape index (κ1) is 21.2. The number of rotatable bonds is 6. The molecular weight excluding hydrogens is 394 g/mol. The van der Waals surface area contributed by atoms with Gasteiger partial charge in [-0.1, -0.05) is 24.3 Å². The van der Waals surface area contributed by atoms with Crippen molar-refractivity contribution in [2.75, 3.05) is 47.4 Å². The minimum absolute atomic E-state index is 0.0402. The average molecular weight is 424 g/mol. The van der Waals surface area contributed by atoms with Crippen LogP contribution in [0.15, 0.2) is 42.5 Å². The number of likely N-dealkylation sites (N-methyl/N-ethyl adjacent to an activating group) is 1. The van der Waals surface area contributed by atoms with Gasteiger partial charge >= 0.3 is 0 Å². The second-order valence-electron chi connectivity index (χ2n) is 8.11. The van der Waals surface area contributed by atoms with E-state index < -0.39 is 0 Å². The molecule has 2 heterocycles. The van der Waals surface area contributed by atoms with Crippen LogP contribution < -0.4 is 9.47 Å². The molecule has 2 aromatic rings. The van der Waals surface area contributed by atoms with Crippen molar-refractivity contribution in [3.63, 3.8) is 0 Å². The zero-order valence-corrected chi connectivity index (χ0v) is 18.3. The molecule has 164 valence electrons. The fraction of sp³-hybridized carbons (Fsp3) is 0.417. The van der Waals surface area contributed by atoms with Crippen molar-refractivity contribution >= 4 is 11.8 Å². The Balaban J connectivity index is 1.65. The Labute approximate surface area is 183 Å². The van der Waals surface area contributed by atoms with Crippen LogP contribution in [0, 0.1) is 0 Å². The molecule has 7 nitrogen and oxygen atoms in total. The van der Waals surface area contributed by atoms with Gasteiger partial charge in [-0.3, -0.25) is 9.59 Å². The van der Waals surface area contributed by atoms with Crippen LogP contribution in [-0.4, -0.2) is 74.0 Å². The minimum atomic E-state index is -0.383. The van der Waals surface area contributed by atoms with Gasteiger partial charge in [-0.15, -0.1) is 0 Å². The molecule has 0 unspecified atom stereocenters. The molecule has 1 atom stereocenters. The Morgan fingerprint density at radius 3 is 2.39 bits per heavy atom. The summed E-state index contributed by atoms with van der Waals surface area (Å²) < 4.78 is 10.9. The second-order valence-corrected chi connectivity index (χ2v) is 8.11. The summed E-state index contributed by atoms with van der Waals surface area (Å²) in [6, 6.07) is 12.9. The van der Waals surface area contributed by atoms with Gasteiger partial charge in [0.1, 0.15) is 0 Å². The van der Waals surface area contributed by atoms with E-state index in [1.165, 1.54) is 0 Å².